The number of carbonyl (C=O) groups excluding carboxylic acids is 2. The van der Waals surface area contributed by atoms with Crippen molar-refractivity contribution in [2.75, 3.05) is 25.3 Å². The summed E-state index contributed by atoms with van der Waals surface area (Å²) in [5, 5.41) is 0. The van der Waals surface area contributed by atoms with Crippen molar-refractivity contribution in [3.8, 4) is 11.5 Å². The second-order valence-corrected chi connectivity index (χ2v) is 11.3. The third-order valence-electron chi connectivity index (χ3n) is 6.02. The van der Waals surface area contributed by atoms with Crippen molar-refractivity contribution in [2.45, 2.75) is 17.9 Å². The van der Waals surface area contributed by atoms with Crippen LogP contribution in [0.1, 0.15) is 16.8 Å². The monoisotopic (exact) mass is 553 g/mol. The number of para-hydroxylation sites is 1. The number of hydrogen-bond donors (Lipinski definition) is 0. The Labute approximate surface area is 222 Å². The molecule has 0 fully saturated rings. The van der Waals surface area contributed by atoms with Gasteiger partial charge in [0.2, 0.25) is 6.79 Å². The van der Waals surface area contributed by atoms with Gasteiger partial charge in [-0.05, 0) is 36.4 Å². The summed E-state index contributed by atoms with van der Waals surface area (Å²) in [5.74, 6) is 0.210. The lowest BCUT2D eigenvalue weighted by molar-refractivity contribution is -0.140. The van der Waals surface area contributed by atoms with Crippen molar-refractivity contribution in [2.24, 2.45) is 4.99 Å². The van der Waals surface area contributed by atoms with Gasteiger partial charge in [0.1, 0.15) is 0 Å². The van der Waals surface area contributed by atoms with Crippen molar-refractivity contribution in [3.63, 3.8) is 0 Å². The van der Waals surface area contributed by atoms with Crippen molar-refractivity contribution < 1.29 is 32.2 Å². The number of carbonyl (C=O) groups is 2. The van der Waals surface area contributed by atoms with Crippen molar-refractivity contribution in [1.82, 2.24) is 4.57 Å². The third kappa shape index (κ3) is 4.87. The van der Waals surface area contributed by atoms with E-state index < -0.39 is 21.9 Å². The molecule has 0 aliphatic carbocycles. The minimum Gasteiger partial charge on any atom is -0.469 e. The van der Waals surface area contributed by atoms with Gasteiger partial charge in [-0.25, -0.2) is 8.42 Å². The predicted octanol–water partition coefficient (Wildman–Crippen LogP) is 3.56. The Morgan fingerprint density at radius 1 is 1.05 bits per heavy atom. The quantitative estimate of drug-likeness (QED) is 0.321. The maximum atomic E-state index is 13.1. The first-order chi connectivity index (χ1) is 18.3. The summed E-state index contributed by atoms with van der Waals surface area (Å²) >= 11 is 1.27. The molecule has 0 spiro atoms. The number of rotatable bonds is 7. The number of aromatic nitrogens is 1. The molecule has 3 aromatic carbocycles. The highest BCUT2D eigenvalue weighted by Crippen LogP contribution is 2.37. The van der Waals surface area contributed by atoms with Gasteiger partial charge in [-0.1, -0.05) is 29.5 Å². The van der Waals surface area contributed by atoms with Gasteiger partial charge in [0.15, 0.2) is 16.3 Å². The average molecular weight is 554 g/mol. The summed E-state index contributed by atoms with van der Waals surface area (Å²) in [5.41, 5.74) is 1.48. The molecule has 0 unspecified atom stereocenters. The van der Waals surface area contributed by atoms with Crippen LogP contribution in [0.4, 0.5) is 5.69 Å². The number of thiazole rings is 1. The highest BCUT2D eigenvalue weighted by Gasteiger charge is 2.22. The number of benzene rings is 3. The fourth-order valence-corrected chi connectivity index (χ4v) is 6.18. The van der Waals surface area contributed by atoms with Crippen LogP contribution >= 0.6 is 11.3 Å². The van der Waals surface area contributed by atoms with Crippen LogP contribution in [0.5, 0.6) is 11.5 Å². The van der Waals surface area contributed by atoms with Gasteiger partial charge in [-0.15, -0.1) is 0 Å². The molecule has 0 saturated carbocycles. The maximum Gasteiger partial charge on any atom is 0.307 e. The molecule has 1 aliphatic heterocycles. The highest BCUT2D eigenvalue weighted by molar-refractivity contribution is 7.92. The summed E-state index contributed by atoms with van der Waals surface area (Å²) < 4.78 is 45.5. The molecule has 0 N–H and O–H groups in total. The van der Waals surface area contributed by atoms with Crippen molar-refractivity contribution >= 4 is 49.1 Å². The molecule has 1 aromatic heterocycles. The van der Waals surface area contributed by atoms with E-state index in [1.807, 2.05) is 6.07 Å². The molecule has 196 valence electrons. The average Bonchev–Trinajstić information content (AvgIpc) is 3.53. The van der Waals surface area contributed by atoms with Gasteiger partial charge < -0.3 is 18.8 Å². The standard InChI is InChI=1S/C26H23N3O7S2/c1-28(18-6-4-3-5-7-18)38(32,33)19-10-8-17(9-11-19)25(31)27-26-29(13-12-24(30)34-2)20-14-21-22(36-16-35-21)15-23(20)37-26/h3-11,14-15H,12-13,16H2,1-2H3. The van der Waals surface area contributed by atoms with Gasteiger partial charge in [-0.2, -0.15) is 4.99 Å². The number of sulfonamides is 1. The van der Waals surface area contributed by atoms with E-state index >= 15 is 0 Å². The SMILES string of the molecule is COC(=O)CCn1c(=NC(=O)c2ccc(S(=O)(=O)N(C)c3ccccc3)cc2)sc2cc3c(cc21)OCO3. The fourth-order valence-electron chi connectivity index (χ4n) is 3.92. The largest absolute Gasteiger partial charge is 0.469 e. The lowest BCUT2D eigenvalue weighted by Crippen LogP contribution is -2.26. The van der Waals surface area contributed by atoms with Gasteiger partial charge in [0.05, 0.1) is 34.3 Å². The van der Waals surface area contributed by atoms with Crippen LogP contribution in [0.2, 0.25) is 0 Å². The highest BCUT2D eigenvalue weighted by atomic mass is 32.2. The zero-order chi connectivity index (χ0) is 26.9. The molecule has 0 atom stereocenters. The molecular formula is C26H23N3O7S2. The molecule has 5 rings (SSSR count). The topological polar surface area (TPSA) is 117 Å². The van der Waals surface area contributed by atoms with E-state index in [0.717, 1.165) is 10.2 Å². The first kappa shape index (κ1) is 25.5. The van der Waals surface area contributed by atoms with Gasteiger partial charge in [-0.3, -0.25) is 13.9 Å². The van der Waals surface area contributed by atoms with Crippen LogP contribution in [0.3, 0.4) is 0 Å². The number of methoxy groups -OCH3 is 1. The Morgan fingerprint density at radius 3 is 2.42 bits per heavy atom. The first-order valence-corrected chi connectivity index (χ1v) is 13.8. The number of nitrogens with zero attached hydrogens (tertiary/aromatic N) is 3. The Balaban J connectivity index is 1.47. The number of fused-ring (bicyclic) bond motifs is 2. The molecule has 1 amide bonds. The molecule has 4 aromatic rings. The molecule has 0 radical (unpaired) electrons. The molecular weight excluding hydrogens is 530 g/mol. The molecule has 2 heterocycles. The fraction of sp³-hybridized carbons (Fsp3) is 0.192. The van der Waals surface area contributed by atoms with Crippen LogP contribution in [-0.4, -0.2) is 45.8 Å². The zero-order valence-electron chi connectivity index (χ0n) is 20.5. The number of amides is 1. The Hall–Kier alpha value is -4.16. The van der Waals surface area contributed by atoms with Crippen molar-refractivity contribution in [3.05, 3.63) is 77.1 Å². The zero-order valence-corrected chi connectivity index (χ0v) is 22.1. The number of aryl methyl sites for hydroxylation is 1. The van der Waals surface area contributed by atoms with Crippen LogP contribution in [0.15, 0.2) is 76.6 Å². The Kier molecular flexibility index (Phi) is 6.91. The Morgan fingerprint density at radius 2 is 1.74 bits per heavy atom. The number of hydrogen-bond acceptors (Lipinski definition) is 8. The molecule has 12 heteroatoms. The smallest absolute Gasteiger partial charge is 0.307 e. The summed E-state index contributed by atoms with van der Waals surface area (Å²) in [7, 11) is -1.03. The first-order valence-electron chi connectivity index (χ1n) is 11.5. The van der Waals surface area contributed by atoms with E-state index in [2.05, 4.69) is 4.99 Å². The molecule has 38 heavy (non-hydrogen) atoms. The summed E-state index contributed by atoms with van der Waals surface area (Å²) in [6.45, 7) is 0.360. The second-order valence-electron chi connectivity index (χ2n) is 8.29. The molecule has 0 saturated heterocycles. The van der Waals surface area contributed by atoms with E-state index in [1.54, 1.807) is 41.0 Å². The molecule has 0 bridgehead atoms. The molecule has 10 nitrogen and oxygen atoms in total. The summed E-state index contributed by atoms with van der Waals surface area (Å²) in [6, 6.07) is 17.9. The summed E-state index contributed by atoms with van der Waals surface area (Å²) in [4.78, 5) is 29.6. The maximum absolute atomic E-state index is 13.1. The van der Waals surface area contributed by atoms with E-state index in [4.69, 9.17) is 14.2 Å². The van der Waals surface area contributed by atoms with Crippen LogP contribution < -0.4 is 18.6 Å². The normalized spacial score (nSPS) is 13.1. The third-order valence-corrected chi connectivity index (χ3v) is 8.86. The van der Waals surface area contributed by atoms with Gasteiger partial charge >= 0.3 is 5.97 Å². The summed E-state index contributed by atoms with van der Waals surface area (Å²) in [6.07, 6.45) is 0.0830. The predicted molar refractivity (Wildman–Crippen MR) is 141 cm³/mol. The number of anilines is 1. The van der Waals surface area contributed by atoms with Crippen molar-refractivity contribution in [1.29, 1.82) is 0 Å². The Bertz CT molecular complexity index is 1690. The van der Waals surface area contributed by atoms with Gasteiger partial charge in [0.25, 0.3) is 15.9 Å². The van der Waals surface area contributed by atoms with E-state index in [1.165, 1.54) is 54.1 Å². The van der Waals surface area contributed by atoms with Crippen LogP contribution in [0.25, 0.3) is 10.2 Å². The van der Waals surface area contributed by atoms with E-state index in [9.17, 15) is 18.0 Å². The van der Waals surface area contributed by atoms with E-state index in [-0.39, 0.29) is 30.2 Å². The minimum absolute atomic E-state index is 0.0462. The van der Waals surface area contributed by atoms with Crippen LogP contribution in [-0.2, 0) is 26.1 Å². The lowest BCUT2D eigenvalue weighted by Gasteiger charge is -2.19. The van der Waals surface area contributed by atoms with Crippen LogP contribution in [0, 0.1) is 0 Å². The second kappa shape index (κ2) is 10.3. The minimum atomic E-state index is -3.82. The number of esters is 1. The lowest BCUT2D eigenvalue weighted by atomic mass is 10.2. The molecule has 1 aliphatic rings. The number of ether oxygens (including phenoxy) is 3. The van der Waals surface area contributed by atoms with Gasteiger partial charge in [0, 0.05) is 31.3 Å². The van der Waals surface area contributed by atoms with E-state index in [0.29, 0.717) is 22.0 Å².